The number of nitrogens with one attached hydrogen (secondary N) is 2. The van der Waals surface area contributed by atoms with E-state index in [0.717, 1.165) is 11.3 Å². The Balaban J connectivity index is 1.98. The molecule has 1 atom stereocenters. The van der Waals surface area contributed by atoms with Gasteiger partial charge in [-0.15, -0.1) is 0 Å². The van der Waals surface area contributed by atoms with Gasteiger partial charge in [0.1, 0.15) is 5.75 Å². The predicted molar refractivity (Wildman–Crippen MR) is 92.2 cm³/mol. The first-order valence-electron chi connectivity index (χ1n) is 7.67. The van der Waals surface area contributed by atoms with Crippen molar-refractivity contribution in [2.75, 3.05) is 25.6 Å². The lowest BCUT2D eigenvalue weighted by molar-refractivity contribution is 0.0950. The first-order valence-corrected chi connectivity index (χ1v) is 7.67. The lowest BCUT2D eigenvalue weighted by Crippen LogP contribution is -2.26. The number of aliphatic hydroxyl groups is 2. The monoisotopic (exact) mass is 330 g/mol. The number of para-hydroxylation sites is 1. The van der Waals surface area contributed by atoms with Crippen LogP contribution in [0.1, 0.15) is 15.9 Å². The summed E-state index contributed by atoms with van der Waals surface area (Å²) in [6.07, 6.45) is -0.875. The molecule has 0 aliphatic heterocycles. The summed E-state index contributed by atoms with van der Waals surface area (Å²) in [5.74, 6) is 0.550. The van der Waals surface area contributed by atoms with Gasteiger partial charge in [-0.3, -0.25) is 4.79 Å². The van der Waals surface area contributed by atoms with Gasteiger partial charge in [-0.25, -0.2) is 0 Å². The SMILES string of the molecule is COc1ccc(CNC(=O)c2ccccc2NCC(O)CO)cc1. The van der Waals surface area contributed by atoms with Crippen molar-refractivity contribution < 1.29 is 19.7 Å². The van der Waals surface area contributed by atoms with Crippen LogP contribution in [0.2, 0.25) is 0 Å². The number of anilines is 1. The molecule has 0 radical (unpaired) electrons. The molecule has 1 unspecified atom stereocenters. The molecule has 0 aromatic heterocycles. The Morgan fingerprint density at radius 1 is 1.17 bits per heavy atom. The Hall–Kier alpha value is -2.57. The highest BCUT2D eigenvalue weighted by Gasteiger charge is 2.11. The molecule has 0 spiro atoms. The highest BCUT2D eigenvalue weighted by Crippen LogP contribution is 2.16. The van der Waals surface area contributed by atoms with Crippen molar-refractivity contribution in [1.29, 1.82) is 0 Å². The van der Waals surface area contributed by atoms with Crippen LogP contribution in [0.15, 0.2) is 48.5 Å². The summed E-state index contributed by atoms with van der Waals surface area (Å²) < 4.78 is 5.10. The van der Waals surface area contributed by atoms with Crippen molar-refractivity contribution in [3.63, 3.8) is 0 Å². The molecular formula is C18H22N2O4. The summed E-state index contributed by atoms with van der Waals surface area (Å²) >= 11 is 0. The van der Waals surface area contributed by atoms with Crippen molar-refractivity contribution >= 4 is 11.6 Å². The van der Waals surface area contributed by atoms with E-state index in [1.54, 1.807) is 31.4 Å². The molecule has 2 aromatic carbocycles. The number of aliphatic hydroxyl groups excluding tert-OH is 2. The van der Waals surface area contributed by atoms with E-state index in [9.17, 15) is 9.90 Å². The summed E-state index contributed by atoms with van der Waals surface area (Å²) in [6.45, 7) is 0.231. The Labute approximate surface area is 141 Å². The maximum absolute atomic E-state index is 12.4. The third-order valence-corrected chi connectivity index (χ3v) is 3.52. The molecule has 0 fully saturated rings. The molecule has 6 heteroatoms. The number of amides is 1. The summed E-state index contributed by atoms with van der Waals surface area (Å²) in [6, 6.07) is 14.5. The van der Waals surface area contributed by atoms with Crippen molar-refractivity contribution in [2.45, 2.75) is 12.6 Å². The van der Waals surface area contributed by atoms with Crippen molar-refractivity contribution in [2.24, 2.45) is 0 Å². The molecule has 0 bridgehead atoms. The number of carbonyl (C=O) groups excluding carboxylic acids is 1. The maximum atomic E-state index is 12.4. The van der Waals surface area contributed by atoms with Crippen molar-refractivity contribution in [3.8, 4) is 5.75 Å². The first kappa shape index (κ1) is 17.8. The van der Waals surface area contributed by atoms with Crippen LogP contribution in [-0.2, 0) is 6.54 Å². The molecule has 24 heavy (non-hydrogen) atoms. The topological polar surface area (TPSA) is 90.8 Å². The number of benzene rings is 2. The number of methoxy groups -OCH3 is 1. The third kappa shape index (κ3) is 4.97. The normalized spacial score (nSPS) is 11.6. The number of rotatable bonds is 8. The molecule has 0 heterocycles. The minimum atomic E-state index is -0.875. The second-order valence-corrected chi connectivity index (χ2v) is 5.29. The zero-order valence-electron chi connectivity index (χ0n) is 13.5. The molecule has 2 rings (SSSR count). The van der Waals surface area contributed by atoms with Crippen LogP contribution in [0.5, 0.6) is 5.75 Å². The van der Waals surface area contributed by atoms with Gasteiger partial charge in [-0.2, -0.15) is 0 Å². The number of hydrogen-bond acceptors (Lipinski definition) is 5. The van der Waals surface area contributed by atoms with Gasteiger partial charge >= 0.3 is 0 Å². The fourth-order valence-corrected chi connectivity index (χ4v) is 2.15. The molecule has 6 nitrogen and oxygen atoms in total. The minimum absolute atomic E-state index is 0.166. The van der Waals surface area contributed by atoms with Crippen LogP contribution in [0.3, 0.4) is 0 Å². The van der Waals surface area contributed by atoms with Crippen LogP contribution < -0.4 is 15.4 Å². The van der Waals surface area contributed by atoms with Crippen LogP contribution >= 0.6 is 0 Å². The number of carbonyl (C=O) groups is 1. The van der Waals surface area contributed by atoms with E-state index >= 15 is 0 Å². The van der Waals surface area contributed by atoms with Gasteiger partial charge < -0.3 is 25.6 Å². The Morgan fingerprint density at radius 3 is 2.54 bits per heavy atom. The molecule has 0 saturated carbocycles. The van der Waals surface area contributed by atoms with Crippen LogP contribution in [0.25, 0.3) is 0 Å². The Morgan fingerprint density at radius 2 is 1.88 bits per heavy atom. The van der Waals surface area contributed by atoms with E-state index in [4.69, 9.17) is 9.84 Å². The average molecular weight is 330 g/mol. The van der Waals surface area contributed by atoms with E-state index < -0.39 is 6.10 Å². The maximum Gasteiger partial charge on any atom is 0.253 e. The van der Waals surface area contributed by atoms with Crippen molar-refractivity contribution in [3.05, 3.63) is 59.7 Å². The smallest absolute Gasteiger partial charge is 0.253 e. The van der Waals surface area contributed by atoms with Gasteiger partial charge in [-0.1, -0.05) is 24.3 Å². The van der Waals surface area contributed by atoms with Crippen molar-refractivity contribution in [1.82, 2.24) is 5.32 Å². The van der Waals surface area contributed by atoms with Gasteiger partial charge in [0.05, 0.1) is 25.4 Å². The second kappa shape index (κ2) is 8.90. The summed E-state index contributed by atoms with van der Waals surface area (Å²) in [5, 5.41) is 24.1. The second-order valence-electron chi connectivity index (χ2n) is 5.29. The molecular weight excluding hydrogens is 308 g/mol. The zero-order valence-corrected chi connectivity index (χ0v) is 13.5. The van der Waals surface area contributed by atoms with Gasteiger partial charge in [0.15, 0.2) is 0 Å². The van der Waals surface area contributed by atoms with Gasteiger partial charge in [-0.05, 0) is 29.8 Å². The fourth-order valence-electron chi connectivity index (χ4n) is 2.15. The molecule has 2 aromatic rings. The standard InChI is InChI=1S/C18H22N2O4/c1-24-15-8-6-13(7-9-15)10-20-18(23)16-4-2-3-5-17(16)19-11-14(22)12-21/h2-9,14,19,21-22H,10-12H2,1H3,(H,20,23). The van der Waals surface area contributed by atoms with Gasteiger partial charge in [0, 0.05) is 18.8 Å². The first-order chi connectivity index (χ1) is 11.6. The summed E-state index contributed by atoms with van der Waals surface area (Å²) in [4.78, 5) is 12.4. The molecule has 128 valence electrons. The Bertz CT molecular complexity index is 658. The van der Waals surface area contributed by atoms with E-state index in [0.29, 0.717) is 17.8 Å². The Kier molecular flexibility index (Phi) is 6.60. The van der Waals surface area contributed by atoms with E-state index in [-0.39, 0.29) is 19.1 Å². The largest absolute Gasteiger partial charge is 0.497 e. The third-order valence-electron chi connectivity index (χ3n) is 3.52. The van der Waals surface area contributed by atoms with Gasteiger partial charge in [0.2, 0.25) is 0 Å². The zero-order chi connectivity index (χ0) is 17.4. The molecule has 0 aliphatic rings. The van der Waals surface area contributed by atoms with Gasteiger partial charge in [0.25, 0.3) is 5.91 Å². The lowest BCUT2D eigenvalue weighted by Gasteiger charge is -2.14. The highest BCUT2D eigenvalue weighted by molar-refractivity contribution is 5.99. The van der Waals surface area contributed by atoms with Crippen LogP contribution in [-0.4, -0.2) is 42.5 Å². The minimum Gasteiger partial charge on any atom is -0.497 e. The predicted octanol–water partition coefficient (Wildman–Crippen LogP) is 1.39. The fraction of sp³-hybridized carbons (Fsp3) is 0.278. The quantitative estimate of drug-likeness (QED) is 0.587. The summed E-state index contributed by atoms with van der Waals surface area (Å²) in [5.41, 5.74) is 2.05. The summed E-state index contributed by atoms with van der Waals surface area (Å²) in [7, 11) is 1.61. The van der Waals surface area contributed by atoms with E-state index in [1.807, 2.05) is 24.3 Å². The number of hydrogen-bond donors (Lipinski definition) is 4. The van der Waals surface area contributed by atoms with Crippen LogP contribution in [0, 0.1) is 0 Å². The van der Waals surface area contributed by atoms with E-state index in [2.05, 4.69) is 10.6 Å². The number of ether oxygens (including phenoxy) is 1. The lowest BCUT2D eigenvalue weighted by atomic mass is 10.1. The molecule has 1 amide bonds. The van der Waals surface area contributed by atoms with Crippen LogP contribution in [0.4, 0.5) is 5.69 Å². The molecule has 0 saturated heterocycles. The van der Waals surface area contributed by atoms with E-state index in [1.165, 1.54) is 0 Å². The molecule has 0 aliphatic carbocycles. The average Bonchev–Trinajstić information content (AvgIpc) is 2.64. The highest BCUT2D eigenvalue weighted by atomic mass is 16.5. The molecule has 4 N–H and O–H groups in total.